The van der Waals surface area contributed by atoms with E-state index in [1.165, 1.54) is 0 Å². The van der Waals surface area contributed by atoms with Crippen LogP contribution in [0.4, 0.5) is 11.8 Å². The molecule has 0 saturated carbocycles. The van der Waals surface area contributed by atoms with Crippen LogP contribution < -0.4 is 10.2 Å². The highest BCUT2D eigenvalue weighted by Gasteiger charge is 2.18. The molecule has 0 fully saturated rings. The number of aromatic nitrogens is 2. The van der Waals surface area contributed by atoms with Gasteiger partial charge in [0.15, 0.2) is 0 Å². The van der Waals surface area contributed by atoms with Crippen LogP contribution in [0.15, 0.2) is 12.3 Å². The van der Waals surface area contributed by atoms with E-state index in [-0.39, 0.29) is 0 Å². The van der Waals surface area contributed by atoms with Crippen LogP contribution in [0.3, 0.4) is 0 Å². The van der Waals surface area contributed by atoms with Gasteiger partial charge in [-0.1, -0.05) is 0 Å². The van der Waals surface area contributed by atoms with Crippen molar-refractivity contribution in [2.45, 2.75) is 26.4 Å². The van der Waals surface area contributed by atoms with Crippen LogP contribution in [0.25, 0.3) is 0 Å². The second-order valence-corrected chi connectivity index (χ2v) is 4.32. The number of hydrogen-bond donors (Lipinski definition) is 2. The number of hydrogen-bond acceptors (Lipinski definition) is 5. The molecule has 0 saturated heterocycles. The van der Waals surface area contributed by atoms with E-state index in [0.29, 0.717) is 12.5 Å². The second kappa shape index (κ2) is 5.12. The molecular weight excluding hydrogens is 204 g/mol. The van der Waals surface area contributed by atoms with Gasteiger partial charge in [0.25, 0.3) is 0 Å². The number of nitrogens with one attached hydrogen (secondary N) is 1. The van der Waals surface area contributed by atoms with E-state index >= 15 is 0 Å². The zero-order valence-corrected chi connectivity index (χ0v) is 10.4. The van der Waals surface area contributed by atoms with Gasteiger partial charge in [-0.05, 0) is 26.8 Å². The van der Waals surface area contributed by atoms with Gasteiger partial charge in [-0.2, -0.15) is 4.98 Å². The first-order valence-corrected chi connectivity index (χ1v) is 5.44. The van der Waals surface area contributed by atoms with Crippen molar-refractivity contribution in [3.8, 4) is 0 Å². The maximum absolute atomic E-state index is 9.81. The van der Waals surface area contributed by atoms with Crippen molar-refractivity contribution in [2.75, 3.05) is 30.4 Å². The van der Waals surface area contributed by atoms with Gasteiger partial charge in [-0.15, -0.1) is 0 Å². The minimum absolute atomic E-state index is 0.545. The molecule has 0 bridgehead atoms. The standard InChI is InChI=1S/C11H20N4O/c1-5-15(8-11(2,3)16)9-6-7-13-10(12-4)14-9/h6-7,16H,5,8H2,1-4H3,(H,12,13,14). The lowest BCUT2D eigenvalue weighted by Crippen LogP contribution is -2.39. The van der Waals surface area contributed by atoms with Crippen molar-refractivity contribution in [2.24, 2.45) is 0 Å². The van der Waals surface area contributed by atoms with E-state index < -0.39 is 5.60 Å². The number of likely N-dealkylation sites (N-methyl/N-ethyl adjacent to an activating group) is 1. The molecule has 1 aromatic heterocycles. The topological polar surface area (TPSA) is 61.3 Å². The van der Waals surface area contributed by atoms with E-state index in [1.807, 2.05) is 17.9 Å². The highest BCUT2D eigenvalue weighted by Crippen LogP contribution is 2.15. The minimum atomic E-state index is -0.735. The maximum atomic E-state index is 9.81. The smallest absolute Gasteiger partial charge is 0.224 e. The molecule has 0 aliphatic rings. The zero-order chi connectivity index (χ0) is 12.2. The Morgan fingerprint density at radius 3 is 2.69 bits per heavy atom. The Hall–Kier alpha value is -1.36. The summed E-state index contributed by atoms with van der Waals surface area (Å²) in [5, 5.41) is 12.7. The Kier molecular flexibility index (Phi) is 4.06. The van der Waals surface area contributed by atoms with Crippen LogP contribution in [0.1, 0.15) is 20.8 Å². The van der Waals surface area contributed by atoms with Crippen molar-refractivity contribution >= 4 is 11.8 Å². The fourth-order valence-electron chi connectivity index (χ4n) is 1.47. The fourth-order valence-corrected chi connectivity index (χ4v) is 1.47. The molecule has 1 heterocycles. The minimum Gasteiger partial charge on any atom is -0.389 e. The third kappa shape index (κ3) is 3.66. The van der Waals surface area contributed by atoms with Gasteiger partial charge in [0.05, 0.1) is 5.60 Å². The molecule has 0 aliphatic carbocycles. The molecule has 90 valence electrons. The summed E-state index contributed by atoms with van der Waals surface area (Å²) in [7, 11) is 1.78. The lowest BCUT2D eigenvalue weighted by molar-refractivity contribution is 0.0874. The van der Waals surface area contributed by atoms with Crippen molar-refractivity contribution in [3.05, 3.63) is 12.3 Å². The zero-order valence-electron chi connectivity index (χ0n) is 10.4. The van der Waals surface area contributed by atoms with Gasteiger partial charge in [0.1, 0.15) is 5.82 Å². The van der Waals surface area contributed by atoms with Crippen LogP contribution >= 0.6 is 0 Å². The third-order valence-corrected chi connectivity index (χ3v) is 2.15. The van der Waals surface area contributed by atoms with Gasteiger partial charge in [-0.3, -0.25) is 0 Å². The molecule has 1 aromatic rings. The van der Waals surface area contributed by atoms with E-state index in [4.69, 9.17) is 0 Å². The van der Waals surface area contributed by atoms with E-state index in [2.05, 4.69) is 15.3 Å². The summed E-state index contributed by atoms with van der Waals surface area (Å²) in [5.74, 6) is 1.41. The monoisotopic (exact) mass is 224 g/mol. The van der Waals surface area contributed by atoms with Crippen LogP contribution in [0, 0.1) is 0 Å². The Labute approximate surface area is 96.5 Å². The first-order valence-electron chi connectivity index (χ1n) is 5.44. The number of anilines is 2. The second-order valence-electron chi connectivity index (χ2n) is 4.32. The van der Waals surface area contributed by atoms with Gasteiger partial charge in [0, 0.05) is 26.3 Å². The van der Waals surface area contributed by atoms with Crippen molar-refractivity contribution in [3.63, 3.8) is 0 Å². The van der Waals surface area contributed by atoms with Crippen molar-refractivity contribution in [1.82, 2.24) is 9.97 Å². The van der Waals surface area contributed by atoms with Crippen molar-refractivity contribution in [1.29, 1.82) is 0 Å². The SMILES string of the molecule is CCN(CC(C)(C)O)c1ccnc(NC)n1. The summed E-state index contributed by atoms with van der Waals surface area (Å²) in [5.41, 5.74) is -0.735. The molecule has 1 rings (SSSR count). The molecule has 5 nitrogen and oxygen atoms in total. The summed E-state index contributed by atoms with van der Waals surface area (Å²) in [4.78, 5) is 10.4. The third-order valence-electron chi connectivity index (χ3n) is 2.15. The average molecular weight is 224 g/mol. The summed E-state index contributed by atoms with van der Waals surface area (Å²) >= 11 is 0. The molecule has 0 radical (unpaired) electrons. The number of nitrogens with zero attached hydrogens (tertiary/aromatic N) is 3. The first kappa shape index (κ1) is 12.7. The quantitative estimate of drug-likeness (QED) is 0.784. The maximum Gasteiger partial charge on any atom is 0.224 e. The highest BCUT2D eigenvalue weighted by atomic mass is 16.3. The van der Waals surface area contributed by atoms with Gasteiger partial charge in [-0.25, -0.2) is 4.98 Å². The Morgan fingerprint density at radius 2 is 2.19 bits per heavy atom. The van der Waals surface area contributed by atoms with Gasteiger partial charge in [0.2, 0.25) is 5.95 Å². The largest absolute Gasteiger partial charge is 0.389 e. The summed E-state index contributed by atoms with van der Waals surface area (Å²) in [6.07, 6.45) is 1.71. The van der Waals surface area contributed by atoms with Gasteiger partial charge >= 0.3 is 0 Å². The van der Waals surface area contributed by atoms with Crippen LogP contribution in [0.5, 0.6) is 0 Å². The molecule has 0 amide bonds. The molecular formula is C11H20N4O. The summed E-state index contributed by atoms with van der Waals surface area (Å²) in [6.45, 7) is 6.95. The molecule has 5 heteroatoms. The highest BCUT2D eigenvalue weighted by molar-refractivity contribution is 5.42. The number of aliphatic hydroxyl groups is 1. The van der Waals surface area contributed by atoms with E-state index in [9.17, 15) is 5.11 Å². The normalized spacial score (nSPS) is 11.3. The van der Waals surface area contributed by atoms with Crippen molar-refractivity contribution < 1.29 is 5.11 Å². The Bertz CT molecular complexity index is 335. The molecule has 0 spiro atoms. The van der Waals surface area contributed by atoms with E-state index in [0.717, 1.165) is 12.4 Å². The predicted octanol–water partition coefficient (Wildman–Crippen LogP) is 1.12. The first-order chi connectivity index (χ1) is 7.46. The molecule has 0 aliphatic heterocycles. The lowest BCUT2D eigenvalue weighted by Gasteiger charge is -2.28. The van der Waals surface area contributed by atoms with E-state index in [1.54, 1.807) is 27.1 Å². The summed E-state index contributed by atoms with van der Waals surface area (Å²) < 4.78 is 0. The molecule has 0 aromatic carbocycles. The Balaban J connectivity index is 2.86. The van der Waals surface area contributed by atoms with Crippen LogP contribution in [0.2, 0.25) is 0 Å². The van der Waals surface area contributed by atoms with Gasteiger partial charge < -0.3 is 15.3 Å². The molecule has 2 N–H and O–H groups in total. The van der Waals surface area contributed by atoms with Crippen LogP contribution in [-0.2, 0) is 0 Å². The molecule has 0 unspecified atom stereocenters. The molecule has 0 atom stereocenters. The fraction of sp³-hybridized carbons (Fsp3) is 0.636. The summed E-state index contributed by atoms with van der Waals surface area (Å²) in [6, 6.07) is 1.84. The lowest BCUT2D eigenvalue weighted by atomic mass is 10.1. The van der Waals surface area contributed by atoms with Crippen LogP contribution in [-0.4, -0.2) is 40.8 Å². The number of rotatable bonds is 5. The molecule has 16 heavy (non-hydrogen) atoms. The predicted molar refractivity (Wildman–Crippen MR) is 65.8 cm³/mol. The Morgan fingerprint density at radius 1 is 1.50 bits per heavy atom. The average Bonchev–Trinajstić information content (AvgIpc) is 2.25.